The summed E-state index contributed by atoms with van der Waals surface area (Å²) in [7, 11) is 0. The Labute approximate surface area is 156 Å². The topological polar surface area (TPSA) is 45.7 Å². The highest BCUT2D eigenvalue weighted by atomic mass is 19.4. The maximum absolute atomic E-state index is 13.3. The van der Waals surface area contributed by atoms with Crippen LogP contribution in [0.1, 0.15) is 38.3 Å². The van der Waals surface area contributed by atoms with E-state index in [2.05, 4.69) is 29.5 Å². The molecule has 0 amide bonds. The third kappa shape index (κ3) is 3.90. The number of alkyl halides is 3. The van der Waals surface area contributed by atoms with Gasteiger partial charge in [0, 0.05) is 30.5 Å². The van der Waals surface area contributed by atoms with E-state index in [0.717, 1.165) is 25.2 Å². The first-order chi connectivity index (χ1) is 12.6. The Morgan fingerprint density at radius 2 is 2.07 bits per heavy atom. The van der Waals surface area contributed by atoms with Crippen LogP contribution in [0.3, 0.4) is 0 Å². The second-order valence-corrected chi connectivity index (χ2v) is 7.68. The highest BCUT2D eigenvalue weighted by Crippen LogP contribution is 2.52. The number of nitrogens with zero attached hydrogens (tertiary/aromatic N) is 1. The van der Waals surface area contributed by atoms with Gasteiger partial charge in [0.25, 0.3) is 0 Å². The monoisotopic (exact) mass is 387 g/mol. The van der Waals surface area contributed by atoms with Crippen molar-refractivity contribution in [2.75, 3.05) is 13.2 Å². The van der Waals surface area contributed by atoms with Crippen LogP contribution < -0.4 is 10.6 Å². The van der Waals surface area contributed by atoms with Gasteiger partial charge < -0.3 is 15.4 Å². The van der Waals surface area contributed by atoms with Gasteiger partial charge in [-0.05, 0) is 31.0 Å². The molecule has 150 valence electrons. The van der Waals surface area contributed by atoms with E-state index in [-0.39, 0.29) is 29.7 Å². The van der Waals surface area contributed by atoms with Gasteiger partial charge in [-0.25, -0.2) is 9.38 Å². The lowest BCUT2D eigenvalue weighted by Gasteiger charge is -2.54. The lowest BCUT2D eigenvalue weighted by atomic mass is 9.57. The van der Waals surface area contributed by atoms with Gasteiger partial charge in [0.15, 0.2) is 5.96 Å². The molecule has 1 aliphatic carbocycles. The normalized spacial score (nSPS) is 27.1. The number of benzene rings is 1. The van der Waals surface area contributed by atoms with Crippen LogP contribution >= 0.6 is 0 Å². The molecule has 0 bridgehead atoms. The average molecular weight is 387 g/mol. The first-order valence-electron chi connectivity index (χ1n) is 9.16. The van der Waals surface area contributed by atoms with Crippen LogP contribution in [0.2, 0.25) is 0 Å². The number of rotatable bonds is 4. The third-order valence-corrected chi connectivity index (χ3v) is 5.52. The molecule has 0 aromatic heterocycles. The molecule has 8 heteroatoms. The van der Waals surface area contributed by atoms with Crippen LogP contribution in [0, 0.1) is 17.2 Å². The van der Waals surface area contributed by atoms with Crippen molar-refractivity contribution in [2.45, 2.75) is 52.1 Å². The molecule has 0 spiro atoms. The largest absolute Gasteiger partial charge is 0.416 e. The molecule has 2 aliphatic rings. The van der Waals surface area contributed by atoms with Gasteiger partial charge in [0.2, 0.25) is 0 Å². The van der Waals surface area contributed by atoms with Crippen molar-refractivity contribution >= 4 is 5.96 Å². The highest BCUT2D eigenvalue weighted by Gasteiger charge is 2.59. The predicted octanol–water partition coefficient (Wildman–Crippen LogP) is 3.71. The number of hydrogen-bond acceptors (Lipinski definition) is 2. The van der Waals surface area contributed by atoms with E-state index in [1.165, 1.54) is 0 Å². The second-order valence-electron chi connectivity index (χ2n) is 7.68. The number of ether oxygens (including phenoxy) is 1. The van der Waals surface area contributed by atoms with Crippen LogP contribution in [0.25, 0.3) is 0 Å². The Balaban J connectivity index is 1.77. The molecular formula is C19H25F4N3O. The zero-order chi connectivity index (χ0) is 19.8. The van der Waals surface area contributed by atoms with E-state index in [9.17, 15) is 17.6 Å². The fourth-order valence-corrected chi connectivity index (χ4v) is 4.20. The molecule has 3 atom stereocenters. The van der Waals surface area contributed by atoms with Gasteiger partial charge in [-0.15, -0.1) is 0 Å². The van der Waals surface area contributed by atoms with Gasteiger partial charge in [0.05, 0.1) is 18.2 Å². The zero-order valence-corrected chi connectivity index (χ0v) is 15.7. The van der Waals surface area contributed by atoms with Crippen LogP contribution in [0.5, 0.6) is 0 Å². The van der Waals surface area contributed by atoms with E-state index in [1.807, 2.05) is 6.92 Å². The zero-order valence-electron chi connectivity index (χ0n) is 15.7. The molecule has 0 radical (unpaired) electrons. The first kappa shape index (κ1) is 19.9. The van der Waals surface area contributed by atoms with Gasteiger partial charge in [0.1, 0.15) is 5.82 Å². The summed E-state index contributed by atoms with van der Waals surface area (Å²) in [6.07, 6.45) is -3.46. The molecule has 4 nitrogen and oxygen atoms in total. The minimum Gasteiger partial charge on any atom is -0.377 e. The fourth-order valence-electron chi connectivity index (χ4n) is 4.20. The van der Waals surface area contributed by atoms with Gasteiger partial charge in [-0.3, -0.25) is 0 Å². The summed E-state index contributed by atoms with van der Waals surface area (Å²) in [5, 5.41) is 6.44. The molecule has 3 rings (SSSR count). The fraction of sp³-hybridized carbons (Fsp3) is 0.632. The molecule has 1 aromatic rings. The first-order valence-corrected chi connectivity index (χ1v) is 9.16. The summed E-state index contributed by atoms with van der Waals surface area (Å²) in [5.74, 6) is -0.0811. The Hall–Kier alpha value is -1.83. The van der Waals surface area contributed by atoms with Crippen molar-refractivity contribution in [1.82, 2.24) is 10.6 Å². The molecule has 1 aliphatic heterocycles. The Bertz CT molecular complexity index is 717. The summed E-state index contributed by atoms with van der Waals surface area (Å²) in [4.78, 5) is 4.32. The summed E-state index contributed by atoms with van der Waals surface area (Å²) < 4.78 is 58.5. The molecule has 2 fully saturated rings. The molecule has 1 saturated heterocycles. The van der Waals surface area contributed by atoms with Crippen molar-refractivity contribution in [3.63, 3.8) is 0 Å². The maximum atomic E-state index is 13.3. The van der Waals surface area contributed by atoms with Crippen LogP contribution in [0.4, 0.5) is 17.6 Å². The standard InChI is InChI=1S/C19H25F4N3O/c1-4-24-17(26-15-13-7-8-27-16(13)18(15,2)3)25-10-11-5-6-12(20)9-14(11)19(21,22)23/h5-6,9,13,15-16H,4,7-8,10H2,1-3H3,(H2,24,25,26). The lowest BCUT2D eigenvalue weighted by Crippen LogP contribution is -2.67. The van der Waals surface area contributed by atoms with E-state index < -0.39 is 17.6 Å². The molecule has 1 saturated carbocycles. The van der Waals surface area contributed by atoms with Crippen LogP contribution in [-0.4, -0.2) is 31.3 Å². The summed E-state index contributed by atoms with van der Waals surface area (Å²) in [5.41, 5.74) is -1.13. The number of nitrogens with one attached hydrogen (secondary N) is 2. The van der Waals surface area contributed by atoms with E-state index in [1.54, 1.807) is 0 Å². The number of fused-ring (bicyclic) bond motifs is 1. The minimum atomic E-state index is -4.62. The second kappa shape index (κ2) is 7.30. The Morgan fingerprint density at radius 3 is 2.74 bits per heavy atom. The molecular weight excluding hydrogens is 362 g/mol. The molecule has 27 heavy (non-hydrogen) atoms. The molecule has 1 aromatic carbocycles. The van der Waals surface area contributed by atoms with Crippen molar-refractivity contribution in [3.8, 4) is 0 Å². The van der Waals surface area contributed by atoms with Crippen molar-refractivity contribution in [1.29, 1.82) is 0 Å². The number of aliphatic imine (C=N–C) groups is 1. The minimum absolute atomic E-state index is 0.0592. The SMILES string of the molecule is CCNC(=NCc1ccc(F)cc1C(F)(F)F)NC1C2CCOC2C1(C)C. The predicted molar refractivity (Wildman–Crippen MR) is 94.8 cm³/mol. The van der Waals surface area contributed by atoms with Crippen LogP contribution in [0.15, 0.2) is 23.2 Å². The van der Waals surface area contributed by atoms with Crippen molar-refractivity contribution < 1.29 is 22.3 Å². The Kier molecular flexibility index (Phi) is 5.38. The number of halogens is 4. The summed E-state index contributed by atoms with van der Waals surface area (Å²) in [6.45, 7) is 7.24. The smallest absolute Gasteiger partial charge is 0.377 e. The average Bonchev–Trinajstić information content (AvgIpc) is 3.04. The maximum Gasteiger partial charge on any atom is 0.416 e. The van der Waals surface area contributed by atoms with E-state index in [4.69, 9.17) is 4.74 Å². The van der Waals surface area contributed by atoms with Gasteiger partial charge in [-0.1, -0.05) is 19.9 Å². The third-order valence-electron chi connectivity index (χ3n) is 5.52. The summed E-state index contributed by atoms with van der Waals surface area (Å²) >= 11 is 0. The number of hydrogen-bond donors (Lipinski definition) is 2. The van der Waals surface area contributed by atoms with Gasteiger partial charge >= 0.3 is 6.18 Å². The Morgan fingerprint density at radius 1 is 1.33 bits per heavy atom. The molecule has 1 heterocycles. The van der Waals surface area contributed by atoms with E-state index >= 15 is 0 Å². The molecule has 2 N–H and O–H groups in total. The van der Waals surface area contributed by atoms with Crippen molar-refractivity contribution in [3.05, 3.63) is 35.1 Å². The highest BCUT2D eigenvalue weighted by molar-refractivity contribution is 5.80. The quantitative estimate of drug-likeness (QED) is 0.470. The summed E-state index contributed by atoms with van der Waals surface area (Å²) in [6, 6.07) is 2.81. The number of guanidine groups is 1. The van der Waals surface area contributed by atoms with E-state index in [0.29, 0.717) is 24.5 Å². The van der Waals surface area contributed by atoms with Crippen molar-refractivity contribution in [2.24, 2.45) is 16.3 Å². The van der Waals surface area contributed by atoms with Gasteiger partial charge in [-0.2, -0.15) is 13.2 Å². The van der Waals surface area contributed by atoms with Crippen LogP contribution in [-0.2, 0) is 17.5 Å². The lowest BCUT2D eigenvalue weighted by molar-refractivity contribution is -0.138. The molecule has 3 unspecified atom stereocenters.